The Kier molecular flexibility index (Phi) is 3.47. The van der Waals surface area contributed by atoms with Gasteiger partial charge in [-0.25, -0.2) is 0 Å². The summed E-state index contributed by atoms with van der Waals surface area (Å²) in [6.07, 6.45) is 3.95. The molecule has 0 fully saturated rings. The van der Waals surface area contributed by atoms with E-state index < -0.39 is 5.51 Å². The smallest absolute Gasteiger partial charge is 0.261 e. The highest BCUT2D eigenvalue weighted by molar-refractivity contribution is 8.00. The summed E-state index contributed by atoms with van der Waals surface area (Å²) in [6, 6.07) is 0. The van der Waals surface area contributed by atoms with E-state index in [1.165, 1.54) is 11.7 Å². The summed E-state index contributed by atoms with van der Waals surface area (Å²) in [6.45, 7) is 1.91. The lowest BCUT2D eigenvalue weighted by Crippen LogP contribution is -2.04. The predicted octanol–water partition coefficient (Wildman–Crippen LogP) is 2.78. The van der Waals surface area contributed by atoms with Crippen molar-refractivity contribution in [1.29, 1.82) is 0 Å². The Morgan fingerprint density at radius 3 is 2.64 bits per heavy atom. The normalized spacial score (nSPS) is 12.1. The number of aryl methyl sites for hydroxylation is 2. The minimum absolute atomic E-state index is 0.130. The second-order valence-corrected chi connectivity index (χ2v) is 3.87. The summed E-state index contributed by atoms with van der Waals surface area (Å²) < 4.78 is 37.6. The molecule has 0 aromatic carbocycles. The Hall–Kier alpha value is -0.650. The van der Waals surface area contributed by atoms with Crippen molar-refractivity contribution in [2.75, 3.05) is 0 Å². The number of aromatic nitrogens is 2. The van der Waals surface area contributed by atoms with E-state index in [1.807, 2.05) is 6.92 Å². The number of thioether (sulfide) groups is 1. The number of halogens is 3. The van der Waals surface area contributed by atoms with E-state index in [0.717, 1.165) is 6.42 Å². The first-order valence-electron chi connectivity index (χ1n) is 4.13. The lowest BCUT2D eigenvalue weighted by atomic mass is 10.2. The van der Waals surface area contributed by atoms with Crippen LogP contribution in [0.2, 0.25) is 0 Å². The maximum absolute atomic E-state index is 12.1. The van der Waals surface area contributed by atoms with Gasteiger partial charge in [-0.3, -0.25) is 4.68 Å². The van der Waals surface area contributed by atoms with Crippen molar-refractivity contribution < 1.29 is 13.2 Å². The van der Waals surface area contributed by atoms with Crippen LogP contribution in [0, 0.1) is 6.20 Å². The molecule has 1 aromatic rings. The molecular weight excluding hydrogens is 213 g/mol. The van der Waals surface area contributed by atoms with Gasteiger partial charge < -0.3 is 0 Å². The quantitative estimate of drug-likeness (QED) is 0.733. The molecule has 0 aliphatic carbocycles. The second-order valence-electron chi connectivity index (χ2n) is 2.82. The Bertz CT molecular complexity index is 306. The van der Waals surface area contributed by atoms with E-state index >= 15 is 0 Å². The average molecular weight is 223 g/mol. The topological polar surface area (TPSA) is 17.8 Å². The first-order chi connectivity index (χ1) is 6.44. The molecule has 1 aromatic heterocycles. The molecule has 1 radical (unpaired) electrons. The molecule has 1 heterocycles. The molecule has 0 aliphatic rings. The maximum atomic E-state index is 12.1. The van der Waals surface area contributed by atoms with Gasteiger partial charge in [-0.2, -0.15) is 18.3 Å². The summed E-state index contributed by atoms with van der Waals surface area (Å²) in [4.78, 5) is 0. The highest BCUT2D eigenvalue weighted by Gasteiger charge is 2.32. The van der Waals surface area contributed by atoms with Gasteiger partial charge in [0.25, 0.3) is 0 Å². The first kappa shape index (κ1) is 11.4. The van der Waals surface area contributed by atoms with Crippen LogP contribution < -0.4 is 0 Å². The van der Waals surface area contributed by atoms with Gasteiger partial charge in [0.1, 0.15) is 11.2 Å². The molecule has 0 atom stereocenters. The molecule has 2 nitrogen and oxygen atoms in total. The van der Waals surface area contributed by atoms with E-state index in [4.69, 9.17) is 0 Å². The van der Waals surface area contributed by atoms with Crippen LogP contribution in [0.25, 0.3) is 0 Å². The van der Waals surface area contributed by atoms with Gasteiger partial charge in [0, 0.05) is 24.4 Å². The third kappa shape index (κ3) is 2.94. The second kappa shape index (κ2) is 4.25. The summed E-state index contributed by atoms with van der Waals surface area (Å²) in [7, 11) is 1.49. The van der Waals surface area contributed by atoms with E-state index in [9.17, 15) is 13.2 Å². The van der Waals surface area contributed by atoms with Gasteiger partial charge in [0.05, 0.1) is 0 Å². The largest absolute Gasteiger partial charge is 0.447 e. The highest BCUT2D eigenvalue weighted by Crippen LogP contribution is 2.38. The summed E-state index contributed by atoms with van der Waals surface area (Å²) >= 11 is -0.130. The SMILES string of the molecule is CCCc1[c]nn(C)c1SC(F)(F)F. The van der Waals surface area contributed by atoms with Gasteiger partial charge in [0.15, 0.2) is 0 Å². The Labute approximate surface area is 84.5 Å². The number of hydrogen-bond donors (Lipinski definition) is 0. The van der Waals surface area contributed by atoms with Crippen molar-refractivity contribution in [2.24, 2.45) is 7.05 Å². The summed E-state index contributed by atoms with van der Waals surface area (Å²) in [5, 5.41) is 3.83. The fourth-order valence-electron chi connectivity index (χ4n) is 1.07. The molecule has 0 saturated heterocycles. The summed E-state index contributed by atoms with van der Waals surface area (Å²) in [5.74, 6) is 0. The predicted molar refractivity (Wildman–Crippen MR) is 48.0 cm³/mol. The molecule has 0 aliphatic heterocycles. The number of hydrogen-bond acceptors (Lipinski definition) is 2. The Morgan fingerprint density at radius 2 is 2.14 bits per heavy atom. The molecule has 79 valence electrons. The van der Waals surface area contributed by atoms with Crippen molar-refractivity contribution in [3.63, 3.8) is 0 Å². The van der Waals surface area contributed by atoms with Gasteiger partial charge >= 0.3 is 5.51 Å². The zero-order chi connectivity index (χ0) is 10.8. The molecule has 6 heteroatoms. The van der Waals surface area contributed by atoms with Crippen molar-refractivity contribution >= 4 is 11.8 Å². The van der Waals surface area contributed by atoms with E-state index in [0.29, 0.717) is 12.0 Å². The molecule has 0 N–H and O–H groups in total. The molecule has 0 spiro atoms. The number of nitrogens with zero attached hydrogens (tertiary/aromatic N) is 2. The van der Waals surface area contributed by atoms with Gasteiger partial charge in [-0.05, 0) is 6.42 Å². The molecule has 0 saturated carbocycles. The zero-order valence-corrected chi connectivity index (χ0v) is 8.67. The fraction of sp³-hybridized carbons (Fsp3) is 0.625. The summed E-state index contributed by atoms with van der Waals surface area (Å²) in [5.41, 5.74) is -3.72. The van der Waals surface area contributed by atoms with Crippen LogP contribution in [0.3, 0.4) is 0 Å². The van der Waals surface area contributed by atoms with Crippen molar-refractivity contribution in [3.05, 3.63) is 11.8 Å². The van der Waals surface area contributed by atoms with Crippen LogP contribution in [0.15, 0.2) is 5.03 Å². The van der Waals surface area contributed by atoms with Crippen molar-refractivity contribution in [1.82, 2.24) is 9.78 Å². The number of rotatable bonds is 3. The lowest BCUT2D eigenvalue weighted by molar-refractivity contribution is -0.0331. The minimum atomic E-state index is -4.26. The van der Waals surface area contributed by atoms with Crippen LogP contribution in [0.4, 0.5) is 13.2 Å². The number of alkyl halides is 3. The van der Waals surface area contributed by atoms with Crippen molar-refractivity contribution in [3.8, 4) is 0 Å². The van der Waals surface area contributed by atoms with Crippen LogP contribution >= 0.6 is 11.8 Å². The molecular formula is C8H10F3N2S. The minimum Gasteiger partial charge on any atom is -0.261 e. The molecule has 0 bridgehead atoms. The van der Waals surface area contributed by atoms with Crippen molar-refractivity contribution in [2.45, 2.75) is 30.3 Å². The molecule has 14 heavy (non-hydrogen) atoms. The lowest BCUT2D eigenvalue weighted by Gasteiger charge is -2.07. The van der Waals surface area contributed by atoms with Crippen LogP contribution in [-0.2, 0) is 13.5 Å². The zero-order valence-electron chi connectivity index (χ0n) is 7.85. The van der Waals surface area contributed by atoms with Gasteiger partial charge in [0.2, 0.25) is 0 Å². The monoisotopic (exact) mass is 223 g/mol. The van der Waals surface area contributed by atoms with E-state index in [2.05, 4.69) is 11.3 Å². The fourth-order valence-corrected chi connectivity index (χ4v) is 1.74. The molecule has 0 amide bonds. The standard InChI is InChI=1S/C8H10F3N2S/c1-3-4-6-5-12-13(2)7(6)14-8(9,10)11/h3-4H2,1-2H3. The van der Waals surface area contributed by atoms with Gasteiger partial charge in [-0.15, -0.1) is 0 Å². The Balaban J connectivity index is 2.88. The third-order valence-corrected chi connectivity index (χ3v) is 2.53. The van der Waals surface area contributed by atoms with Crippen LogP contribution in [0.5, 0.6) is 0 Å². The average Bonchev–Trinajstić information content (AvgIpc) is 2.34. The molecule has 1 rings (SSSR count). The maximum Gasteiger partial charge on any atom is 0.447 e. The highest BCUT2D eigenvalue weighted by atomic mass is 32.2. The molecule has 0 unspecified atom stereocenters. The Morgan fingerprint density at radius 1 is 1.50 bits per heavy atom. The van der Waals surface area contributed by atoms with Crippen LogP contribution in [-0.4, -0.2) is 15.3 Å². The van der Waals surface area contributed by atoms with Crippen LogP contribution in [0.1, 0.15) is 18.9 Å². The third-order valence-electron chi connectivity index (χ3n) is 1.60. The van der Waals surface area contributed by atoms with E-state index in [1.54, 1.807) is 0 Å². The first-order valence-corrected chi connectivity index (χ1v) is 4.95. The van der Waals surface area contributed by atoms with Gasteiger partial charge in [-0.1, -0.05) is 13.3 Å². The van der Waals surface area contributed by atoms with E-state index in [-0.39, 0.29) is 16.8 Å².